The summed E-state index contributed by atoms with van der Waals surface area (Å²) in [5, 5.41) is 1.22. The van der Waals surface area contributed by atoms with Crippen LogP contribution in [0.4, 0.5) is 0 Å². The third-order valence-corrected chi connectivity index (χ3v) is 2.16. The molecule has 74 valence electrons. The number of phosphoric acid groups is 1. The van der Waals surface area contributed by atoms with Crippen molar-refractivity contribution in [3.63, 3.8) is 0 Å². The molecule has 0 aromatic heterocycles. The van der Waals surface area contributed by atoms with Gasteiger partial charge < -0.3 is 9.79 Å². The normalized spacial score (nSPS) is 12.9. The maximum atomic E-state index is 10.4. The number of nitrogens with zero attached hydrogens (tertiary/aromatic N) is 1. The number of hydroxylamine groups is 2. The van der Waals surface area contributed by atoms with E-state index in [-0.39, 0.29) is 6.04 Å². The summed E-state index contributed by atoms with van der Waals surface area (Å²) >= 11 is 0. The summed E-state index contributed by atoms with van der Waals surface area (Å²) in [7, 11) is -2.85. The third kappa shape index (κ3) is 4.85. The van der Waals surface area contributed by atoms with Crippen molar-refractivity contribution in [3.05, 3.63) is 0 Å². The molecule has 0 aliphatic rings. The van der Waals surface area contributed by atoms with Crippen LogP contribution in [-0.2, 0) is 9.19 Å². The standard InChI is InChI=1S/C6H16NO4P/c1-4-6(5-2)7(3)11-12(8,9)10/h6H,4-5H2,1-3H3,(H2,8,9,10). The van der Waals surface area contributed by atoms with Crippen LogP contribution in [0.2, 0.25) is 0 Å². The van der Waals surface area contributed by atoms with Gasteiger partial charge in [0, 0.05) is 13.1 Å². The summed E-state index contributed by atoms with van der Waals surface area (Å²) in [4.78, 5) is 17.0. The van der Waals surface area contributed by atoms with E-state index in [1.54, 1.807) is 0 Å². The van der Waals surface area contributed by atoms with Gasteiger partial charge in [-0.05, 0) is 12.8 Å². The second-order valence-corrected chi connectivity index (χ2v) is 3.73. The lowest BCUT2D eigenvalue weighted by atomic mass is 10.2. The van der Waals surface area contributed by atoms with Crippen LogP contribution in [0.3, 0.4) is 0 Å². The van der Waals surface area contributed by atoms with Crippen LogP contribution in [0, 0.1) is 0 Å². The zero-order chi connectivity index (χ0) is 9.78. The molecule has 0 atom stereocenters. The Bertz CT molecular complexity index is 165. The smallest absolute Gasteiger partial charge is 0.302 e. The molecule has 0 rings (SSSR count). The molecule has 2 N–H and O–H groups in total. The summed E-state index contributed by atoms with van der Waals surface area (Å²) in [6.45, 7) is 3.88. The Hall–Kier alpha value is 0.0700. The highest BCUT2D eigenvalue weighted by Gasteiger charge is 2.21. The first-order valence-corrected chi connectivity index (χ1v) is 5.41. The first kappa shape index (κ1) is 12.1. The van der Waals surface area contributed by atoms with E-state index in [4.69, 9.17) is 9.79 Å². The molecule has 0 saturated carbocycles. The Morgan fingerprint density at radius 2 is 1.83 bits per heavy atom. The fourth-order valence-corrected chi connectivity index (χ4v) is 1.51. The molecule has 0 aromatic rings. The summed E-state index contributed by atoms with van der Waals surface area (Å²) in [6.07, 6.45) is 1.60. The Kier molecular flexibility index (Phi) is 4.97. The molecule has 0 aliphatic heterocycles. The SMILES string of the molecule is CCC(CC)N(C)OP(=O)(O)O. The van der Waals surface area contributed by atoms with Crippen LogP contribution in [0.5, 0.6) is 0 Å². The lowest BCUT2D eigenvalue weighted by molar-refractivity contribution is -0.0934. The van der Waals surface area contributed by atoms with Crippen molar-refractivity contribution in [2.24, 2.45) is 0 Å². The second kappa shape index (κ2) is 4.94. The van der Waals surface area contributed by atoms with E-state index < -0.39 is 7.82 Å². The number of rotatable bonds is 5. The molecule has 0 saturated heterocycles. The maximum Gasteiger partial charge on any atom is 0.486 e. The molecule has 6 heteroatoms. The minimum atomic E-state index is -4.38. The van der Waals surface area contributed by atoms with Crippen LogP contribution in [0.1, 0.15) is 26.7 Å². The molecule has 0 heterocycles. The van der Waals surface area contributed by atoms with Crippen molar-refractivity contribution in [1.29, 1.82) is 0 Å². The van der Waals surface area contributed by atoms with Crippen molar-refractivity contribution < 1.29 is 19.0 Å². The van der Waals surface area contributed by atoms with E-state index in [2.05, 4.69) is 4.62 Å². The zero-order valence-corrected chi connectivity index (χ0v) is 8.49. The van der Waals surface area contributed by atoms with Crippen molar-refractivity contribution >= 4 is 7.82 Å². The van der Waals surface area contributed by atoms with E-state index in [9.17, 15) is 4.57 Å². The molecule has 0 spiro atoms. The van der Waals surface area contributed by atoms with Gasteiger partial charge in [-0.2, -0.15) is 9.69 Å². The van der Waals surface area contributed by atoms with Gasteiger partial charge in [0.1, 0.15) is 0 Å². The first-order chi connectivity index (χ1) is 5.40. The predicted molar refractivity (Wildman–Crippen MR) is 45.3 cm³/mol. The van der Waals surface area contributed by atoms with Crippen LogP contribution in [0.15, 0.2) is 0 Å². The molecular weight excluding hydrogens is 181 g/mol. The van der Waals surface area contributed by atoms with Gasteiger partial charge in [0.2, 0.25) is 0 Å². The van der Waals surface area contributed by atoms with Crippen molar-refractivity contribution in [2.75, 3.05) is 7.05 Å². The topological polar surface area (TPSA) is 70.0 Å². The third-order valence-electron chi connectivity index (χ3n) is 1.69. The zero-order valence-electron chi connectivity index (χ0n) is 7.60. The largest absolute Gasteiger partial charge is 0.486 e. The lowest BCUT2D eigenvalue weighted by Gasteiger charge is -2.24. The Morgan fingerprint density at radius 3 is 2.08 bits per heavy atom. The number of hydrogen-bond donors (Lipinski definition) is 2. The Balaban J connectivity index is 4.01. The van der Waals surface area contributed by atoms with Gasteiger partial charge in [-0.1, -0.05) is 13.8 Å². The molecule has 0 bridgehead atoms. The average molecular weight is 197 g/mol. The van der Waals surface area contributed by atoms with E-state index in [0.29, 0.717) is 0 Å². The Morgan fingerprint density at radius 1 is 1.42 bits per heavy atom. The van der Waals surface area contributed by atoms with Crippen molar-refractivity contribution in [2.45, 2.75) is 32.7 Å². The van der Waals surface area contributed by atoms with Gasteiger partial charge in [-0.25, -0.2) is 4.57 Å². The number of hydrogen-bond acceptors (Lipinski definition) is 3. The summed E-state index contributed by atoms with van der Waals surface area (Å²) in [5.74, 6) is 0. The van der Waals surface area contributed by atoms with Gasteiger partial charge in [0.15, 0.2) is 0 Å². The molecule has 0 fully saturated rings. The minimum absolute atomic E-state index is 0.0534. The predicted octanol–water partition coefficient (Wildman–Crippen LogP) is 1.13. The lowest BCUT2D eigenvalue weighted by Crippen LogP contribution is -2.29. The highest BCUT2D eigenvalue weighted by molar-refractivity contribution is 7.46. The van der Waals surface area contributed by atoms with Crippen molar-refractivity contribution in [1.82, 2.24) is 5.06 Å². The van der Waals surface area contributed by atoms with Crippen LogP contribution < -0.4 is 0 Å². The van der Waals surface area contributed by atoms with Gasteiger partial charge in [0.25, 0.3) is 0 Å². The fourth-order valence-electron chi connectivity index (χ4n) is 1.04. The molecular formula is C6H16NO4P. The maximum absolute atomic E-state index is 10.4. The highest BCUT2D eigenvalue weighted by atomic mass is 31.2. The first-order valence-electron chi connectivity index (χ1n) is 3.88. The van der Waals surface area contributed by atoms with Crippen LogP contribution >= 0.6 is 7.82 Å². The fraction of sp³-hybridized carbons (Fsp3) is 1.00. The molecule has 0 unspecified atom stereocenters. The molecule has 0 radical (unpaired) electrons. The monoisotopic (exact) mass is 197 g/mol. The summed E-state index contributed by atoms with van der Waals surface area (Å²) in [6, 6.07) is 0.0534. The second-order valence-electron chi connectivity index (χ2n) is 2.59. The van der Waals surface area contributed by atoms with Gasteiger partial charge in [0.05, 0.1) is 0 Å². The van der Waals surface area contributed by atoms with Crippen LogP contribution in [0.25, 0.3) is 0 Å². The molecule has 12 heavy (non-hydrogen) atoms. The molecule has 5 nitrogen and oxygen atoms in total. The van der Waals surface area contributed by atoms with Crippen LogP contribution in [-0.4, -0.2) is 27.9 Å². The van der Waals surface area contributed by atoms with Gasteiger partial charge in [-0.15, -0.1) is 0 Å². The van der Waals surface area contributed by atoms with E-state index >= 15 is 0 Å². The van der Waals surface area contributed by atoms with E-state index in [1.165, 1.54) is 12.1 Å². The molecule has 0 aromatic carbocycles. The molecule has 0 aliphatic carbocycles. The molecule has 0 amide bonds. The van der Waals surface area contributed by atoms with Crippen molar-refractivity contribution in [3.8, 4) is 0 Å². The highest BCUT2D eigenvalue weighted by Crippen LogP contribution is 2.37. The van der Waals surface area contributed by atoms with E-state index in [1.807, 2.05) is 13.8 Å². The van der Waals surface area contributed by atoms with Gasteiger partial charge in [-0.3, -0.25) is 0 Å². The average Bonchev–Trinajstić information content (AvgIpc) is 1.85. The quantitative estimate of drug-likeness (QED) is 0.510. The summed E-state index contributed by atoms with van der Waals surface area (Å²) < 4.78 is 14.8. The minimum Gasteiger partial charge on any atom is -0.302 e. The van der Waals surface area contributed by atoms with Gasteiger partial charge >= 0.3 is 7.82 Å². The van der Waals surface area contributed by atoms with E-state index in [0.717, 1.165) is 12.8 Å². The summed E-state index contributed by atoms with van der Waals surface area (Å²) in [5.41, 5.74) is 0. The Labute approximate surface area is 72.5 Å².